The molecule has 92 valence electrons. The molecule has 1 fully saturated rings. The summed E-state index contributed by atoms with van der Waals surface area (Å²) in [7, 11) is -2.94. The zero-order valence-corrected chi connectivity index (χ0v) is 9.88. The maximum absolute atomic E-state index is 11.1. The number of sulfone groups is 1. The summed E-state index contributed by atoms with van der Waals surface area (Å²) in [5.41, 5.74) is 0. The van der Waals surface area contributed by atoms with Crippen molar-refractivity contribution in [3.05, 3.63) is 0 Å². The first-order valence-corrected chi connectivity index (χ1v) is 6.92. The molecule has 7 heteroatoms. The molecule has 16 heavy (non-hydrogen) atoms. The second kappa shape index (κ2) is 5.29. The summed E-state index contributed by atoms with van der Waals surface area (Å²) < 4.78 is 26.7. The van der Waals surface area contributed by atoms with E-state index in [0.29, 0.717) is 6.42 Å². The van der Waals surface area contributed by atoms with Crippen molar-refractivity contribution in [3.63, 3.8) is 0 Å². The molecule has 0 unspecified atom stereocenters. The standard InChI is InChI=1S/C9H15NO5S/c1-2-15-9(12)8(11)10-5-7-3-4-16(13,14)6-7/h7H,2-6H2,1H3,(H,10,11)/t7-/m1/s1. The summed E-state index contributed by atoms with van der Waals surface area (Å²) in [4.78, 5) is 22.0. The Morgan fingerprint density at radius 3 is 2.62 bits per heavy atom. The number of hydrogen-bond acceptors (Lipinski definition) is 5. The summed E-state index contributed by atoms with van der Waals surface area (Å²) in [6.07, 6.45) is 0.533. The molecule has 1 N–H and O–H groups in total. The average molecular weight is 249 g/mol. The number of esters is 1. The monoisotopic (exact) mass is 249 g/mol. The Kier molecular flexibility index (Phi) is 4.28. The van der Waals surface area contributed by atoms with Crippen LogP contribution in [0.1, 0.15) is 13.3 Å². The van der Waals surface area contributed by atoms with E-state index in [-0.39, 0.29) is 30.6 Å². The molecule has 0 radical (unpaired) electrons. The van der Waals surface area contributed by atoms with Crippen LogP contribution in [-0.4, -0.2) is 45.0 Å². The molecule has 1 atom stereocenters. The Hall–Kier alpha value is -1.11. The van der Waals surface area contributed by atoms with Gasteiger partial charge in [0.25, 0.3) is 0 Å². The molecule has 0 aromatic carbocycles. The lowest BCUT2D eigenvalue weighted by molar-refractivity contribution is -0.154. The third-order valence-electron chi connectivity index (χ3n) is 2.34. The van der Waals surface area contributed by atoms with Crippen LogP contribution in [0.4, 0.5) is 0 Å². The van der Waals surface area contributed by atoms with E-state index in [4.69, 9.17) is 0 Å². The topological polar surface area (TPSA) is 89.5 Å². The van der Waals surface area contributed by atoms with Gasteiger partial charge in [-0.05, 0) is 19.3 Å². The average Bonchev–Trinajstić information content (AvgIpc) is 2.55. The van der Waals surface area contributed by atoms with Gasteiger partial charge in [0.15, 0.2) is 9.84 Å². The van der Waals surface area contributed by atoms with Gasteiger partial charge in [-0.1, -0.05) is 0 Å². The van der Waals surface area contributed by atoms with Gasteiger partial charge in [-0.15, -0.1) is 0 Å². The zero-order valence-electron chi connectivity index (χ0n) is 9.06. The van der Waals surface area contributed by atoms with E-state index < -0.39 is 21.7 Å². The SMILES string of the molecule is CCOC(=O)C(=O)NC[C@H]1CCS(=O)(=O)C1. The van der Waals surface area contributed by atoms with Crippen molar-refractivity contribution in [1.82, 2.24) is 5.32 Å². The number of amides is 1. The molecule has 1 aliphatic rings. The molecule has 0 aromatic heterocycles. The first-order chi connectivity index (χ1) is 7.44. The predicted octanol–water partition coefficient (Wildman–Crippen LogP) is -0.900. The summed E-state index contributed by atoms with van der Waals surface area (Å²) in [6.45, 7) is 1.95. The Morgan fingerprint density at radius 2 is 2.12 bits per heavy atom. The molecule has 0 aromatic rings. The highest BCUT2D eigenvalue weighted by atomic mass is 32.2. The Bertz CT molecular complexity index is 375. The molecular weight excluding hydrogens is 234 g/mol. The van der Waals surface area contributed by atoms with Crippen molar-refractivity contribution in [1.29, 1.82) is 0 Å². The maximum Gasteiger partial charge on any atom is 0.396 e. The molecule has 0 aliphatic carbocycles. The molecule has 1 amide bonds. The Morgan fingerprint density at radius 1 is 1.44 bits per heavy atom. The van der Waals surface area contributed by atoms with Crippen LogP contribution in [0.15, 0.2) is 0 Å². The van der Waals surface area contributed by atoms with Gasteiger partial charge in [-0.3, -0.25) is 4.79 Å². The first-order valence-electron chi connectivity index (χ1n) is 5.10. The van der Waals surface area contributed by atoms with Crippen LogP contribution in [0, 0.1) is 5.92 Å². The zero-order chi connectivity index (χ0) is 12.2. The lowest BCUT2D eigenvalue weighted by Crippen LogP contribution is -2.36. The minimum absolute atomic E-state index is 0.0795. The third-order valence-corrected chi connectivity index (χ3v) is 4.18. The van der Waals surface area contributed by atoms with Crippen LogP contribution >= 0.6 is 0 Å². The number of ether oxygens (including phenoxy) is 1. The lowest BCUT2D eigenvalue weighted by Gasteiger charge is -2.08. The van der Waals surface area contributed by atoms with Gasteiger partial charge >= 0.3 is 11.9 Å². The van der Waals surface area contributed by atoms with Crippen LogP contribution in [0.25, 0.3) is 0 Å². The van der Waals surface area contributed by atoms with Gasteiger partial charge in [0, 0.05) is 6.54 Å². The van der Waals surface area contributed by atoms with Crippen LogP contribution in [0.2, 0.25) is 0 Å². The fraction of sp³-hybridized carbons (Fsp3) is 0.778. The fourth-order valence-corrected chi connectivity index (χ4v) is 3.40. The van der Waals surface area contributed by atoms with Crippen molar-refractivity contribution < 1.29 is 22.7 Å². The second-order valence-corrected chi connectivity index (χ2v) is 5.93. The predicted molar refractivity (Wildman–Crippen MR) is 56.4 cm³/mol. The van der Waals surface area contributed by atoms with E-state index in [2.05, 4.69) is 10.1 Å². The van der Waals surface area contributed by atoms with Crippen LogP contribution in [0.3, 0.4) is 0 Å². The van der Waals surface area contributed by atoms with E-state index in [9.17, 15) is 18.0 Å². The van der Waals surface area contributed by atoms with E-state index in [1.807, 2.05) is 0 Å². The quantitative estimate of drug-likeness (QED) is 0.517. The third kappa shape index (κ3) is 3.80. The van der Waals surface area contributed by atoms with Gasteiger partial charge < -0.3 is 10.1 Å². The van der Waals surface area contributed by atoms with Crippen LogP contribution in [0.5, 0.6) is 0 Å². The molecule has 1 heterocycles. The molecule has 1 rings (SSSR count). The second-order valence-electron chi connectivity index (χ2n) is 3.70. The van der Waals surface area contributed by atoms with Gasteiger partial charge in [0.05, 0.1) is 18.1 Å². The molecule has 1 aliphatic heterocycles. The molecule has 0 spiro atoms. The van der Waals surface area contributed by atoms with Gasteiger partial charge in [0.1, 0.15) is 0 Å². The molecule has 6 nitrogen and oxygen atoms in total. The van der Waals surface area contributed by atoms with Crippen LogP contribution < -0.4 is 5.32 Å². The number of rotatable bonds is 3. The lowest BCUT2D eigenvalue weighted by atomic mass is 10.1. The summed E-state index contributed by atoms with van der Waals surface area (Å²) in [5.74, 6) is -1.60. The molecule has 1 saturated heterocycles. The van der Waals surface area contributed by atoms with Crippen LogP contribution in [-0.2, 0) is 24.2 Å². The summed E-state index contributed by atoms with van der Waals surface area (Å²) in [5, 5.41) is 2.37. The van der Waals surface area contributed by atoms with E-state index in [1.165, 1.54) is 0 Å². The highest BCUT2D eigenvalue weighted by Crippen LogP contribution is 2.17. The van der Waals surface area contributed by atoms with Crippen molar-refractivity contribution >= 4 is 21.7 Å². The highest BCUT2D eigenvalue weighted by Gasteiger charge is 2.28. The number of carbonyl (C=O) groups is 2. The molecular formula is C9H15NO5S. The van der Waals surface area contributed by atoms with E-state index in [1.54, 1.807) is 6.92 Å². The molecule has 0 saturated carbocycles. The first kappa shape index (κ1) is 13.0. The van der Waals surface area contributed by atoms with Gasteiger partial charge in [-0.2, -0.15) is 0 Å². The minimum Gasteiger partial charge on any atom is -0.459 e. The minimum atomic E-state index is -2.94. The van der Waals surface area contributed by atoms with E-state index in [0.717, 1.165) is 0 Å². The largest absolute Gasteiger partial charge is 0.459 e. The van der Waals surface area contributed by atoms with E-state index >= 15 is 0 Å². The van der Waals surface area contributed by atoms with Crippen molar-refractivity contribution in [2.45, 2.75) is 13.3 Å². The Balaban J connectivity index is 2.31. The van der Waals surface area contributed by atoms with Gasteiger partial charge in [-0.25, -0.2) is 13.2 Å². The Labute approximate surface area is 94.3 Å². The molecule has 0 bridgehead atoms. The normalized spacial score (nSPS) is 22.7. The van der Waals surface area contributed by atoms with Crippen molar-refractivity contribution in [2.75, 3.05) is 24.7 Å². The van der Waals surface area contributed by atoms with Crippen molar-refractivity contribution in [3.8, 4) is 0 Å². The van der Waals surface area contributed by atoms with Gasteiger partial charge in [0.2, 0.25) is 0 Å². The summed E-state index contributed by atoms with van der Waals surface area (Å²) >= 11 is 0. The number of carbonyl (C=O) groups excluding carboxylic acids is 2. The maximum atomic E-state index is 11.1. The summed E-state index contributed by atoms with van der Waals surface area (Å²) in [6, 6.07) is 0. The highest BCUT2D eigenvalue weighted by molar-refractivity contribution is 7.91. The smallest absolute Gasteiger partial charge is 0.396 e. The fourth-order valence-electron chi connectivity index (χ4n) is 1.54. The van der Waals surface area contributed by atoms with Crippen molar-refractivity contribution in [2.24, 2.45) is 5.92 Å². The number of hydrogen-bond donors (Lipinski definition) is 1. The number of nitrogens with one attached hydrogen (secondary N) is 1.